The van der Waals surface area contributed by atoms with Gasteiger partial charge in [-0.3, -0.25) is 9.59 Å². The summed E-state index contributed by atoms with van der Waals surface area (Å²) in [4.78, 5) is 30.1. The molecule has 0 saturated carbocycles. The number of nitrogens with zero attached hydrogens (tertiary/aromatic N) is 1. The summed E-state index contributed by atoms with van der Waals surface area (Å²) < 4.78 is 0. The summed E-state index contributed by atoms with van der Waals surface area (Å²) in [6.45, 7) is 0. The highest BCUT2D eigenvalue weighted by Crippen LogP contribution is 2.23. The minimum Gasteiger partial charge on any atom is -0.325 e. The van der Waals surface area contributed by atoms with E-state index in [0.717, 1.165) is 16.7 Å². The summed E-state index contributed by atoms with van der Waals surface area (Å²) >= 11 is 0. The second-order valence-corrected chi connectivity index (χ2v) is 7.09. The Morgan fingerprint density at radius 1 is 0.967 bits per heavy atom. The molecule has 1 aliphatic heterocycles. The van der Waals surface area contributed by atoms with Gasteiger partial charge in [0.1, 0.15) is 0 Å². The standard InChI is InChI=1S/C24H22N4O2/c25-19(15-16-9-3-1-4-10-16)23(29)28-22-24(30)26-20-14-8-7-13-18(20)21(27-22)17-11-5-2-6-12-17/h1-14,19,22H,15,25H2,(H,26,30)(H,28,29). The maximum Gasteiger partial charge on any atom is 0.269 e. The number of aliphatic imine (C=N–C) groups is 1. The van der Waals surface area contributed by atoms with Gasteiger partial charge >= 0.3 is 0 Å². The van der Waals surface area contributed by atoms with E-state index in [1.807, 2.05) is 84.9 Å². The highest BCUT2D eigenvalue weighted by Gasteiger charge is 2.28. The molecule has 0 saturated heterocycles. The highest BCUT2D eigenvalue weighted by atomic mass is 16.2. The number of anilines is 1. The number of nitrogens with one attached hydrogen (secondary N) is 2. The fourth-order valence-corrected chi connectivity index (χ4v) is 3.38. The molecule has 1 heterocycles. The summed E-state index contributed by atoms with van der Waals surface area (Å²) in [7, 11) is 0. The van der Waals surface area contributed by atoms with Gasteiger partial charge in [-0.25, -0.2) is 4.99 Å². The van der Waals surface area contributed by atoms with E-state index in [9.17, 15) is 9.59 Å². The van der Waals surface area contributed by atoms with Crippen LogP contribution in [0.25, 0.3) is 0 Å². The summed E-state index contributed by atoms with van der Waals surface area (Å²) in [6.07, 6.45) is -0.710. The lowest BCUT2D eigenvalue weighted by molar-refractivity contribution is -0.127. The minimum atomic E-state index is -1.08. The monoisotopic (exact) mass is 398 g/mol. The van der Waals surface area contributed by atoms with Gasteiger partial charge in [-0.05, 0) is 18.1 Å². The Bertz CT molecular complexity index is 1080. The Labute approximate surface area is 174 Å². The molecule has 4 N–H and O–H groups in total. The third-order valence-electron chi connectivity index (χ3n) is 4.91. The lowest BCUT2D eigenvalue weighted by atomic mass is 10.0. The first-order valence-corrected chi connectivity index (χ1v) is 9.75. The average molecular weight is 398 g/mol. The van der Waals surface area contributed by atoms with Crippen LogP contribution in [0, 0.1) is 0 Å². The van der Waals surface area contributed by atoms with E-state index in [1.165, 1.54) is 0 Å². The molecule has 0 radical (unpaired) electrons. The van der Waals surface area contributed by atoms with Crippen LogP contribution >= 0.6 is 0 Å². The van der Waals surface area contributed by atoms with E-state index in [-0.39, 0.29) is 0 Å². The molecule has 0 fully saturated rings. The molecule has 1 aliphatic rings. The molecule has 30 heavy (non-hydrogen) atoms. The second-order valence-electron chi connectivity index (χ2n) is 7.09. The number of para-hydroxylation sites is 1. The number of fused-ring (bicyclic) bond motifs is 1. The van der Waals surface area contributed by atoms with Crippen molar-refractivity contribution in [3.8, 4) is 0 Å². The van der Waals surface area contributed by atoms with Crippen LogP contribution in [0.3, 0.4) is 0 Å². The van der Waals surface area contributed by atoms with Crippen LogP contribution < -0.4 is 16.4 Å². The molecule has 2 atom stereocenters. The van der Waals surface area contributed by atoms with Gasteiger partial charge in [-0.15, -0.1) is 0 Å². The van der Waals surface area contributed by atoms with Crippen molar-refractivity contribution in [3.05, 3.63) is 102 Å². The van der Waals surface area contributed by atoms with Gasteiger partial charge in [0.2, 0.25) is 12.1 Å². The third-order valence-corrected chi connectivity index (χ3v) is 4.91. The van der Waals surface area contributed by atoms with Gasteiger partial charge in [0.25, 0.3) is 5.91 Å². The number of hydrogen-bond acceptors (Lipinski definition) is 4. The summed E-state index contributed by atoms with van der Waals surface area (Å²) in [5, 5.41) is 5.56. The predicted molar refractivity (Wildman–Crippen MR) is 117 cm³/mol. The maximum absolute atomic E-state index is 12.8. The van der Waals surface area contributed by atoms with Crippen LogP contribution in [0.5, 0.6) is 0 Å². The van der Waals surface area contributed by atoms with Gasteiger partial charge in [-0.1, -0.05) is 78.9 Å². The van der Waals surface area contributed by atoms with E-state index in [4.69, 9.17) is 5.73 Å². The van der Waals surface area contributed by atoms with Crippen LogP contribution in [-0.2, 0) is 16.0 Å². The Hall–Kier alpha value is -3.77. The van der Waals surface area contributed by atoms with Crippen LogP contribution in [0.2, 0.25) is 0 Å². The third kappa shape index (κ3) is 4.29. The first-order chi connectivity index (χ1) is 14.6. The molecule has 2 unspecified atom stereocenters. The summed E-state index contributed by atoms with van der Waals surface area (Å²) in [5.41, 5.74) is 9.97. The number of hydrogen-bond donors (Lipinski definition) is 3. The lowest BCUT2D eigenvalue weighted by Gasteiger charge is -2.17. The molecule has 6 nitrogen and oxygen atoms in total. The van der Waals surface area contributed by atoms with Crippen LogP contribution in [0.1, 0.15) is 16.7 Å². The molecule has 3 aromatic rings. The molecule has 150 valence electrons. The Morgan fingerprint density at radius 2 is 1.60 bits per heavy atom. The summed E-state index contributed by atoms with van der Waals surface area (Å²) in [5.74, 6) is -0.838. The number of carbonyl (C=O) groups is 2. The zero-order valence-corrected chi connectivity index (χ0v) is 16.3. The van der Waals surface area contributed by atoms with Crippen molar-refractivity contribution in [3.63, 3.8) is 0 Å². The largest absolute Gasteiger partial charge is 0.325 e. The highest BCUT2D eigenvalue weighted by molar-refractivity contribution is 6.19. The molecule has 0 bridgehead atoms. The Morgan fingerprint density at radius 3 is 2.33 bits per heavy atom. The number of benzene rings is 3. The number of amides is 2. The molecule has 2 amide bonds. The van der Waals surface area contributed by atoms with E-state index in [1.54, 1.807) is 0 Å². The van der Waals surface area contributed by atoms with E-state index >= 15 is 0 Å². The van der Waals surface area contributed by atoms with Crippen molar-refractivity contribution in [2.45, 2.75) is 18.6 Å². The van der Waals surface area contributed by atoms with Crippen molar-refractivity contribution in [2.75, 3.05) is 5.32 Å². The fraction of sp³-hybridized carbons (Fsp3) is 0.125. The van der Waals surface area contributed by atoms with Crippen molar-refractivity contribution < 1.29 is 9.59 Å². The predicted octanol–water partition coefficient (Wildman–Crippen LogP) is 2.49. The molecular formula is C24H22N4O2. The zero-order valence-electron chi connectivity index (χ0n) is 16.3. The number of nitrogens with two attached hydrogens (primary N) is 1. The number of benzodiazepines with no additional fused rings is 1. The van der Waals surface area contributed by atoms with Gasteiger partial charge in [-0.2, -0.15) is 0 Å². The molecule has 0 spiro atoms. The van der Waals surface area contributed by atoms with Gasteiger partial charge < -0.3 is 16.4 Å². The lowest BCUT2D eigenvalue weighted by Crippen LogP contribution is -2.49. The topological polar surface area (TPSA) is 96.6 Å². The average Bonchev–Trinajstić information content (AvgIpc) is 2.91. The smallest absolute Gasteiger partial charge is 0.269 e. The molecule has 3 aromatic carbocycles. The SMILES string of the molecule is NC(Cc1ccccc1)C(=O)NC1N=C(c2ccccc2)c2ccccc2NC1=O. The summed E-state index contributed by atoms with van der Waals surface area (Å²) in [6, 6.07) is 25.7. The van der Waals surface area contributed by atoms with E-state index < -0.39 is 24.0 Å². The van der Waals surface area contributed by atoms with Gasteiger partial charge in [0, 0.05) is 11.1 Å². The van der Waals surface area contributed by atoms with Crippen molar-refractivity contribution in [2.24, 2.45) is 10.7 Å². The first-order valence-electron chi connectivity index (χ1n) is 9.75. The molecule has 6 heteroatoms. The minimum absolute atomic E-state index is 0.372. The maximum atomic E-state index is 12.8. The van der Waals surface area contributed by atoms with Crippen LogP contribution in [0.15, 0.2) is 89.9 Å². The second kappa shape index (κ2) is 8.71. The van der Waals surface area contributed by atoms with Gasteiger partial charge in [0.15, 0.2) is 0 Å². The van der Waals surface area contributed by atoms with Crippen LogP contribution in [-0.4, -0.2) is 29.7 Å². The molecular weight excluding hydrogens is 376 g/mol. The fourth-order valence-electron chi connectivity index (χ4n) is 3.38. The number of rotatable bonds is 5. The Kier molecular flexibility index (Phi) is 5.68. The van der Waals surface area contributed by atoms with Crippen molar-refractivity contribution in [1.29, 1.82) is 0 Å². The molecule has 0 aromatic heterocycles. The van der Waals surface area contributed by atoms with Gasteiger partial charge in [0.05, 0.1) is 17.4 Å². The molecule has 0 aliphatic carbocycles. The first kappa shape index (κ1) is 19.5. The zero-order chi connectivity index (χ0) is 20.9. The normalized spacial score (nSPS) is 16.5. The molecule has 4 rings (SSSR count). The Balaban J connectivity index is 1.61. The van der Waals surface area contributed by atoms with E-state index in [2.05, 4.69) is 15.6 Å². The van der Waals surface area contributed by atoms with Crippen molar-refractivity contribution >= 4 is 23.2 Å². The van der Waals surface area contributed by atoms with E-state index in [0.29, 0.717) is 17.8 Å². The quantitative estimate of drug-likeness (QED) is 0.616. The number of carbonyl (C=O) groups excluding carboxylic acids is 2. The van der Waals surface area contributed by atoms with Crippen molar-refractivity contribution in [1.82, 2.24) is 5.32 Å². The van der Waals surface area contributed by atoms with Crippen LogP contribution in [0.4, 0.5) is 5.69 Å².